The van der Waals surface area contributed by atoms with Crippen LogP contribution < -0.4 is 14.0 Å². The van der Waals surface area contributed by atoms with Crippen LogP contribution >= 0.6 is 11.3 Å². The van der Waals surface area contributed by atoms with E-state index in [9.17, 15) is 21.6 Å². The van der Waals surface area contributed by atoms with Crippen molar-refractivity contribution in [2.45, 2.75) is 5.51 Å². The van der Waals surface area contributed by atoms with Gasteiger partial charge in [-0.25, -0.2) is 0 Å². The van der Waals surface area contributed by atoms with Crippen LogP contribution in [0.4, 0.5) is 47.3 Å². The zero-order valence-electron chi connectivity index (χ0n) is 34.8. The van der Waals surface area contributed by atoms with E-state index in [1.54, 1.807) is 6.07 Å². The SMILES string of the molecule is O=S(=O)(Oc1ccc(N(c2ccccc2)c2ccccc2)c2c1sc1c(-c3ccc4c(c3)c3ccccc3n4-c3ccccc3)ccc(N(c3ccccc3)c3ccccc3)c12)C(F)(F)F. The minimum atomic E-state index is -6.08. The molecule has 11 aromatic rings. The number of aromatic nitrogens is 1. The third-order valence-corrected chi connectivity index (χ3v) is 13.9. The lowest BCUT2D eigenvalue weighted by Crippen LogP contribution is -2.28. The van der Waals surface area contributed by atoms with Gasteiger partial charge in [0.1, 0.15) is 0 Å². The van der Waals surface area contributed by atoms with Gasteiger partial charge in [0.15, 0.2) is 5.75 Å². The fraction of sp³-hybridized carbons (Fsp3) is 0.0182. The van der Waals surface area contributed by atoms with Gasteiger partial charge in [-0.3, -0.25) is 0 Å². The molecule has 0 bridgehead atoms. The van der Waals surface area contributed by atoms with Crippen LogP contribution in [-0.2, 0) is 10.1 Å². The van der Waals surface area contributed by atoms with Gasteiger partial charge in [0.05, 0.1) is 27.1 Å². The quantitative estimate of drug-likeness (QED) is 0.101. The lowest BCUT2D eigenvalue weighted by Gasteiger charge is -2.29. The Morgan fingerprint density at radius 2 is 0.924 bits per heavy atom. The first-order valence-corrected chi connectivity index (χ1v) is 23.3. The molecule has 11 heteroatoms. The van der Waals surface area contributed by atoms with Gasteiger partial charge < -0.3 is 18.6 Å². The van der Waals surface area contributed by atoms with E-state index in [0.29, 0.717) is 21.2 Å². The van der Waals surface area contributed by atoms with Gasteiger partial charge >= 0.3 is 15.6 Å². The van der Waals surface area contributed by atoms with Crippen LogP contribution in [0.5, 0.6) is 5.75 Å². The van der Waals surface area contributed by atoms with Gasteiger partial charge in [-0.1, -0.05) is 121 Å². The van der Waals surface area contributed by atoms with Crippen LogP contribution in [0.25, 0.3) is 58.8 Å². The molecule has 0 fully saturated rings. The van der Waals surface area contributed by atoms with Gasteiger partial charge in [0.25, 0.3) is 0 Å². The Morgan fingerprint density at radius 3 is 1.45 bits per heavy atom. The van der Waals surface area contributed by atoms with Gasteiger partial charge in [-0.15, -0.1) is 11.3 Å². The summed E-state index contributed by atoms with van der Waals surface area (Å²) in [5.74, 6) is -0.433. The maximum absolute atomic E-state index is 14.2. The van der Waals surface area contributed by atoms with Crippen LogP contribution in [-0.4, -0.2) is 18.5 Å². The number of halogens is 3. The second-order valence-corrected chi connectivity index (χ2v) is 18.2. The maximum Gasteiger partial charge on any atom is 0.534 e. The summed E-state index contributed by atoms with van der Waals surface area (Å²) in [6.07, 6.45) is 0. The van der Waals surface area contributed by atoms with Crippen LogP contribution in [0.1, 0.15) is 0 Å². The average Bonchev–Trinajstić information content (AvgIpc) is 3.91. The summed E-state index contributed by atoms with van der Waals surface area (Å²) in [6.45, 7) is 0. The first-order chi connectivity index (χ1) is 32.2. The molecule has 2 aromatic heterocycles. The van der Waals surface area contributed by atoms with Crippen molar-refractivity contribution in [2.24, 2.45) is 0 Å². The van der Waals surface area contributed by atoms with E-state index in [-0.39, 0.29) is 4.70 Å². The third-order valence-electron chi connectivity index (χ3n) is 11.7. The molecule has 322 valence electrons. The largest absolute Gasteiger partial charge is 0.534 e. The number of thiophene rings is 1. The van der Waals surface area contributed by atoms with Gasteiger partial charge in [0, 0.05) is 54.7 Å². The lowest BCUT2D eigenvalue weighted by atomic mass is 9.97. The molecule has 0 N–H and O–H groups in total. The highest BCUT2D eigenvalue weighted by Gasteiger charge is 2.49. The van der Waals surface area contributed by atoms with Crippen molar-refractivity contribution < 1.29 is 25.8 Å². The predicted octanol–water partition coefficient (Wildman–Crippen LogP) is 16.0. The zero-order chi connectivity index (χ0) is 45.0. The monoisotopic (exact) mass is 907 g/mol. The second-order valence-electron chi connectivity index (χ2n) is 15.6. The van der Waals surface area contributed by atoms with Crippen molar-refractivity contribution in [1.82, 2.24) is 4.57 Å². The molecular weight excluding hydrogens is 872 g/mol. The van der Waals surface area contributed by atoms with Crippen LogP contribution in [0.15, 0.2) is 218 Å². The fourth-order valence-corrected chi connectivity index (χ4v) is 10.8. The molecule has 9 aromatic carbocycles. The highest BCUT2D eigenvalue weighted by Crippen LogP contribution is 2.55. The van der Waals surface area contributed by atoms with Crippen LogP contribution in [0.3, 0.4) is 0 Å². The Hall–Kier alpha value is -7.86. The molecule has 66 heavy (non-hydrogen) atoms. The molecule has 0 atom stereocenters. The summed E-state index contributed by atoms with van der Waals surface area (Å²) in [6, 6.07) is 70.9. The normalized spacial score (nSPS) is 12.0. The van der Waals surface area contributed by atoms with E-state index in [1.807, 2.05) is 169 Å². The number of nitrogens with zero attached hydrogens (tertiary/aromatic N) is 3. The van der Waals surface area contributed by atoms with E-state index in [2.05, 4.69) is 51.9 Å². The summed E-state index contributed by atoms with van der Waals surface area (Å²) in [5, 5.41) is 3.26. The number of para-hydroxylation sites is 6. The fourth-order valence-electron chi connectivity index (χ4n) is 8.91. The van der Waals surface area contributed by atoms with Crippen molar-refractivity contribution in [2.75, 3.05) is 9.80 Å². The molecule has 2 heterocycles. The molecule has 6 nitrogen and oxygen atoms in total. The first kappa shape index (κ1) is 40.9. The van der Waals surface area contributed by atoms with E-state index in [4.69, 9.17) is 4.18 Å². The minimum absolute atomic E-state index is 0.226. The smallest absolute Gasteiger partial charge is 0.374 e. The van der Waals surface area contributed by atoms with Gasteiger partial charge in [-0.2, -0.15) is 21.6 Å². The topological polar surface area (TPSA) is 54.8 Å². The number of benzene rings is 9. The van der Waals surface area contributed by atoms with E-state index < -0.39 is 21.4 Å². The van der Waals surface area contributed by atoms with Gasteiger partial charge in [0.2, 0.25) is 0 Å². The molecule has 0 aliphatic heterocycles. The highest BCUT2D eigenvalue weighted by molar-refractivity contribution is 7.88. The van der Waals surface area contributed by atoms with Crippen LogP contribution in [0, 0.1) is 0 Å². The number of rotatable bonds is 10. The number of fused-ring (bicyclic) bond motifs is 6. The molecule has 0 radical (unpaired) electrons. The summed E-state index contributed by atoms with van der Waals surface area (Å²) >= 11 is 1.20. The Labute approximate surface area is 382 Å². The molecule has 0 aliphatic rings. The number of hydrogen-bond donors (Lipinski definition) is 0. The van der Waals surface area contributed by atoms with Gasteiger partial charge in [-0.05, 0) is 108 Å². The third kappa shape index (κ3) is 7.00. The number of hydrogen-bond acceptors (Lipinski definition) is 6. The molecule has 0 unspecified atom stereocenters. The lowest BCUT2D eigenvalue weighted by molar-refractivity contribution is -0.0499. The predicted molar refractivity (Wildman–Crippen MR) is 264 cm³/mol. The Balaban J connectivity index is 1.28. The molecule has 0 spiro atoms. The molecular formula is C55H36F3N3O3S2. The molecule has 0 amide bonds. The van der Waals surface area contributed by atoms with Crippen molar-refractivity contribution in [1.29, 1.82) is 0 Å². The van der Waals surface area contributed by atoms with E-state index in [0.717, 1.165) is 67.1 Å². The molecule has 11 rings (SSSR count). The first-order valence-electron chi connectivity index (χ1n) is 21.1. The van der Waals surface area contributed by atoms with E-state index >= 15 is 0 Å². The molecule has 0 saturated carbocycles. The Kier molecular flexibility index (Phi) is 10.1. The highest BCUT2D eigenvalue weighted by atomic mass is 32.2. The number of anilines is 6. The van der Waals surface area contributed by atoms with Crippen molar-refractivity contribution in [3.63, 3.8) is 0 Å². The zero-order valence-corrected chi connectivity index (χ0v) is 36.4. The Bertz CT molecular complexity index is 3600. The second kappa shape index (κ2) is 16.3. The summed E-state index contributed by atoms with van der Waals surface area (Å²) in [7, 11) is -6.08. The van der Waals surface area contributed by atoms with E-state index in [1.165, 1.54) is 17.4 Å². The average molecular weight is 908 g/mol. The number of alkyl halides is 3. The molecule has 0 aliphatic carbocycles. The van der Waals surface area contributed by atoms with Crippen molar-refractivity contribution in [3.8, 4) is 22.6 Å². The summed E-state index contributed by atoms with van der Waals surface area (Å²) < 4.78 is 76.9. The molecule has 0 saturated heterocycles. The van der Waals surface area contributed by atoms with Crippen molar-refractivity contribution >= 4 is 97.6 Å². The summed E-state index contributed by atoms with van der Waals surface area (Å²) in [4.78, 5) is 4.15. The van der Waals surface area contributed by atoms with Crippen LogP contribution in [0.2, 0.25) is 0 Å². The summed E-state index contributed by atoms with van der Waals surface area (Å²) in [5.41, 5.74) is 3.62. The Morgan fingerprint density at radius 1 is 0.470 bits per heavy atom. The minimum Gasteiger partial charge on any atom is -0.374 e. The maximum atomic E-state index is 14.2. The van der Waals surface area contributed by atoms with Crippen molar-refractivity contribution in [3.05, 3.63) is 218 Å². The standard InChI is InChI=1S/C55H36F3N3O3S2/c56-55(57,58)66(62,63)64-50-35-34-49(60(40-22-10-3-11-23-40)41-24-12-4-13-25-41)52-51-48(59(38-18-6-1-7-19-38)39-20-8-2-9-21-39)33-31-43(53(51)65-54(50)52)37-30-32-47-45(36-37)44-28-16-17-29-46(44)61(47)42-26-14-5-15-27-42/h1-36H.